The monoisotopic (exact) mass is 222 g/mol. The van der Waals surface area contributed by atoms with Crippen LogP contribution in [0.1, 0.15) is 6.42 Å². The van der Waals surface area contributed by atoms with E-state index in [9.17, 15) is 25.1 Å². The first kappa shape index (κ1) is 13.6. The van der Waals surface area contributed by atoms with Gasteiger partial charge in [0.15, 0.2) is 0 Å². The maximum absolute atomic E-state index is 10.3. The van der Waals surface area contributed by atoms with Gasteiger partial charge in [0.2, 0.25) is 0 Å². The molecule has 0 aromatic heterocycles. The number of aliphatic hydroxyl groups is 1. The predicted octanol–water partition coefficient (Wildman–Crippen LogP) is -2.27. The van der Waals surface area contributed by atoms with Crippen molar-refractivity contribution in [3.8, 4) is 0 Å². The molecule has 1 atom stereocenters. The first-order chi connectivity index (χ1) is 6.54. The van der Waals surface area contributed by atoms with Gasteiger partial charge in [-0.1, -0.05) is 0 Å². The van der Waals surface area contributed by atoms with Crippen LogP contribution in [0.3, 0.4) is 0 Å². The molecular formula is C7H14N2O6. The van der Waals surface area contributed by atoms with Crippen LogP contribution in [-0.2, 0) is 9.63 Å². The van der Waals surface area contributed by atoms with Gasteiger partial charge in [0, 0.05) is 12.4 Å². The number of carbonyl (C=O) groups excluding carboxylic acids is 1. The zero-order chi connectivity index (χ0) is 12.3. The van der Waals surface area contributed by atoms with Gasteiger partial charge in [0.1, 0.15) is 6.54 Å². The fourth-order valence-corrected chi connectivity index (χ4v) is 1.22. The molecule has 0 fully saturated rings. The fourth-order valence-electron chi connectivity index (χ4n) is 1.22. The number of carbonyl (C=O) groups is 1. The average molecular weight is 222 g/mol. The fraction of sp³-hybridized carbons (Fsp3) is 0.857. The highest BCUT2D eigenvalue weighted by atomic mass is 17.0. The Labute approximate surface area is 86.4 Å². The molecule has 0 aliphatic carbocycles. The molecule has 15 heavy (non-hydrogen) atoms. The predicted molar refractivity (Wildman–Crippen MR) is 45.6 cm³/mol. The quantitative estimate of drug-likeness (QED) is 0.234. The molecule has 0 rings (SSSR count). The van der Waals surface area contributed by atoms with Crippen molar-refractivity contribution in [3.05, 3.63) is 10.1 Å². The molecule has 0 aliphatic rings. The normalized spacial score (nSPS) is 15.5. The van der Waals surface area contributed by atoms with Crippen molar-refractivity contribution in [1.29, 1.82) is 0 Å². The van der Waals surface area contributed by atoms with Gasteiger partial charge in [-0.05, 0) is 0 Å². The van der Waals surface area contributed by atoms with Gasteiger partial charge >= 0.3 is 0 Å². The number of carboxylic acids is 1. The van der Waals surface area contributed by atoms with Crippen molar-refractivity contribution in [2.75, 3.05) is 27.7 Å². The Morgan fingerprint density at radius 1 is 1.53 bits per heavy atom. The lowest BCUT2D eigenvalue weighted by atomic mass is 10.1. The second-order valence-electron chi connectivity index (χ2n) is 4.26. The minimum Gasteiger partial charge on any atom is -0.550 e. The van der Waals surface area contributed by atoms with Crippen molar-refractivity contribution < 1.29 is 29.4 Å². The van der Waals surface area contributed by atoms with Crippen LogP contribution in [0.5, 0.6) is 0 Å². The smallest absolute Gasteiger partial charge is 0.297 e. The third kappa shape index (κ3) is 6.63. The van der Waals surface area contributed by atoms with E-state index in [2.05, 4.69) is 4.84 Å². The summed E-state index contributed by atoms with van der Waals surface area (Å²) in [6, 6.07) is 0. The summed E-state index contributed by atoms with van der Waals surface area (Å²) in [4.78, 5) is 24.4. The summed E-state index contributed by atoms with van der Waals surface area (Å²) < 4.78 is 0.109. The number of nitrogens with zero attached hydrogens (tertiary/aromatic N) is 2. The molecule has 0 aromatic rings. The van der Waals surface area contributed by atoms with Crippen LogP contribution in [0.2, 0.25) is 0 Å². The van der Waals surface area contributed by atoms with Gasteiger partial charge in [-0.2, -0.15) is 0 Å². The van der Waals surface area contributed by atoms with Crippen LogP contribution in [-0.4, -0.2) is 54.1 Å². The minimum absolute atomic E-state index is 0.109. The average Bonchev–Trinajstić information content (AvgIpc) is 1.73. The van der Waals surface area contributed by atoms with Crippen LogP contribution in [0.15, 0.2) is 0 Å². The van der Waals surface area contributed by atoms with Gasteiger partial charge in [-0.3, -0.25) is 4.84 Å². The number of quaternary nitrogens is 1. The molecule has 8 heteroatoms. The van der Waals surface area contributed by atoms with Crippen LogP contribution in [0, 0.1) is 10.1 Å². The number of rotatable bonds is 6. The number of likely N-dealkylation sites (N-methyl/N-ethyl adjacent to an activating group) is 1. The van der Waals surface area contributed by atoms with E-state index < -0.39 is 23.3 Å². The molecular weight excluding hydrogens is 208 g/mol. The highest BCUT2D eigenvalue weighted by Crippen LogP contribution is 2.15. The summed E-state index contributed by atoms with van der Waals surface area (Å²) in [7, 11) is 4.89. The standard InChI is InChI=1S/C7H14N2O6/c1-9(2,3)5-7(12,4-6(10)11)15-8(13)14/h12H,4-5H2,1-3H3/t7-/m1/s1. The van der Waals surface area contributed by atoms with Crippen LogP contribution in [0.4, 0.5) is 0 Å². The summed E-state index contributed by atoms with van der Waals surface area (Å²) in [5.74, 6) is -3.98. The molecule has 0 spiro atoms. The molecule has 0 amide bonds. The van der Waals surface area contributed by atoms with Crippen molar-refractivity contribution in [2.45, 2.75) is 12.2 Å². The van der Waals surface area contributed by atoms with Crippen molar-refractivity contribution in [3.63, 3.8) is 0 Å². The minimum atomic E-state index is -2.36. The lowest BCUT2D eigenvalue weighted by Gasteiger charge is -2.33. The van der Waals surface area contributed by atoms with E-state index in [4.69, 9.17) is 0 Å². The molecule has 0 unspecified atom stereocenters. The Kier molecular flexibility index (Phi) is 3.99. The topological polar surface area (TPSA) is 113 Å². The summed E-state index contributed by atoms with van der Waals surface area (Å²) in [5.41, 5.74) is 0. The van der Waals surface area contributed by atoms with E-state index in [1.54, 1.807) is 21.1 Å². The molecule has 0 heterocycles. The highest BCUT2D eigenvalue weighted by Gasteiger charge is 2.38. The van der Waals surface area contributed by atoms with E-state index in [0.717, 1.165) is 0 Å². The number of hydrogen-bond donors (Lipinski definition) is 1. The van der Waals surface area contributed by atoms with Gasteiger partial charge in [-0.25, -0.2) is 0 Å². The van der Waals surface area contributed by atoms with Crippen molar-refractivity contribution in [1.82, 2.24) is 0 Å². The Morgan fingerprint density at radius 3 is 2.27 bits per heavy atom. The van der Waals surface area contributed by atoms with Crippen molar-refractivity contribution in [2.24, 2.45) is 0 Å². The molecule has 0 saturated heterocycles. The van der Waals surface area contributed by atoms with Crippen LogP contribution >= 0.6 is 0 Å². The summed E-state index contributed by atoms with van der Waals surface area (Å²) in [6.45, 7) is -0.248. The molecule has 8 nitrogen and oxygen atoms in total. The third-order valence-electron chi connectivity index (χ3n) is 1.39. The van der Waals surface area contributed by atoms with Gasteiger partial charge in [-0.15, -0.1) is 10.1 Å². The molecule has 0 radical (unpaired) electrons. The summed E-state index contributed by atoms with van der Waals surface area (Å²) in [5, 5.41) is 28.8. The van der Waals surface area contributed by atoms with E-state index >= 15 is 0 Å². The second-order valence-corrected chi connectivity index (χ2v) is 4.26. The molecule has 0 saturated carbocycles. The van der Waals surface area contributed by atoms with Crippen molar-refractivity contribution >= 4 is 5.97 Å². The lowest BCUT2D eigenvalue weighted by molar-refractivity contribution is -0.900. The van der Waals surface area contributed by atoms with Crippen LogP contribution in [0.25, 0.3) is 0 Å². The maximum Gasteiger partial charge on any atom is 0.297 e. The number of carboxylic acid groups (broad SMARTS) is 1. The molecule has 0 bridgehead atoms. The van der Waals surface area contributed by atoms with Gasteiger partial charge in [0.05, 0.1) is 21.1 Å². The summed E-state index contributed by atoms with van der Waals surface area (Å²) >= 11 is 0. The third-order valence-corrected chi connectivity index (χ3v) is 1.39. The van der Waals surface area contributed by atoms with E-state index in [1.165, 1.54) is 0 Å². The Hall–Kier alpha value is -1.41. The zero-order valence-electron chi connectivity index (χ0n) is 8.80. The first-order valence-corrected chi connectivity index (χ1v) is 4.10. The zero-order valence-corrected chi connectivity index (χ0v) is 8.80. The highest BCUT2D eigenvalue weighted by molar-refractivity contribution is 5.65. The molecule has 1 N–H and O–H groups in total. The van der Waals surface area contributed by atoms with Gasteiger partial charge in [0.25, 0.3) is 10.9 Å². The summed E-state index contributed by atoms with van der Waals surface area (Å²) in [6.07, 6.45) is -0.955. The molecule has 88 valence electrons. The van der Waals surface area contributed by atoms with E-state index in [0.29, 0.717) is 0 Å². The maximum atomic E-state index is 10.3. The molecule has 0 aliphatic heterocycles. The second kappa shape index (κ2) is 4.41. The SMILES string of the molecule is C[N+](C)(C)C[C@@](O)(CC(=O)[O-])O[N+](=O)[O-]. The van der Waals surface area contributed by atoms with Gasteiger partial charge < -0.3 is 19.5 Å². The lowest BCUT2D eigenvalue weighted by Crippen LogP contribution is -2.53. The Bertz CT molecular complexity index is 243. The Morgan fingerprint density at radius 2 is 2.00 bits per heavy atom. The number of hydrogen-bond acceptors (Lipinski definition) is 6. The molecule has 0 aromatic carbocycles. The Balaban J connectivity index is 4.69. The van der Waals surface area contributed by atoms with Crippen LogP contribution < -0.4 is 5.11 Å². The van der Waals surface area contributed by atoms with E-state index in [1.807, 2.05) is 0 Å². The largest absolute Gasteiger partial charge is 0.550 e. The van der Waals surface area contributed by atoms with E-state index in [-0.39, 0.29) is 11.0 Å². The number of aliphatic carboxylic acids is 1. The first-order valence-electron chi connectivity index (χ1n) is 4.10.